The van der Waals surface area contributed by atoms with Crippen molar-refractivity contribution in [2.75, 3.05) is 13.1 Å². The molecular formula is C16H20N4O5. The van der Waals surface area contributed by atoms with Gasteiger partial charge in [0.2, 0.25) is 5.91 Å². The summed E-state index contributed by atoms with van der Waals surface area (Å²) in [5.74, 6) is 0.441. The molecule has 0 saturated carbocycles. The molecule has 1 aliphatic rings. The second-order valence-electron chi connectivity index (χ2n) is 6.32. The predicted octanol–water partition coefficient (Wildman–Crippen LogP) is -0.715. The van der Waals surface area contributed by atoms with Gasteiger partial charge in [0.1, 0.15) is 5.76 Å². The highest BCUT2D eigenvalue weighted by Crippen LogP contribution is 2.22. The zero-order valence-corrected chi connectivity index (χ0v) is 13.8. The Morgan fingerprint density at radius 3 is 2.92 bits per heavy atom. The second kappa shape index (κ2) is 7.06. The molecular weight excluding hydrogens is 328 g/mol. The van der Waals surface area contributed by atoms with Crippen molar-refractivity contribution in [1.82, 2.24) is 19.6 Å². The minimum absolute atomic E-state index is 0.105. The van der Waals surface area contributed by atoms with Gasteiger partial charge in [-0.2, -0.15) is 0 Å². The number of hydrogen-bond acceptors (Lipinski definition) is 6. The van der Waals surface area contributed by atoms with Gasteiger partial charge < -0.3 is 19.1 Å². The summed E-state index contributed by atoms with van der Waals surface area (Å²) in [5, 5.41) is 14.0. The molecule has 0 aromatic carbocycles. The van der Waals surface area contributed by atoms with Gasteiger partial charge in [-0.15, -0.1) is 0 Å². The summed E-state index contributed by atoms with van der Waals surface area (Å²) in [6, 6.07) is 3.06. The Kier molecular flexibility index (Phi) is 4.84. The van der Waals surface area contributed by atoms with E-state index in [1.807, 2.05) is 13.0 Å². The van der Waals surface area contributed by atoms with Crippen LogP contribution in [0.3, 0.4) is 0 Å². The molecule has 3 heterocycles. The maximum absolute atomic E-state index is 12.3. The molecule has 0 unspecified atom stereocenters. The number of β-amino-alcohol motifs (C(OH)–C–C–N with tert-alkyl or cyclic N) is 1. The molecule has 1 aliphatic heterocycles. The van der Waals surface area contributed by atoms with Crippen LogP contribution in [0, 0.1) is 12.8 Å². The van der Waals surface area contributed by atoms with E-state index in [1.165, 1.54) is 16.8 Å². The molecule has 0 aliphatic carbocycles. The molecule has 2 aromatic rings. The Balaban J connectivity index is 1.56. The predicted molar refractivity (Wildman–Crippen MR) is 87.0 cm³/mol. The van der Waals surface area contributed by atoms with Crippen LogP contribution in [0.25, 0.3) is 0 Å². The first-order valence-electron chi connectivity index (χ1n) is 8.10. The molecule has 134 valence electrons. The summed E-state index contributed by atoms with van der Waals surface area (Å²) in [4.78, 5) is 38.7. The van der Waals surface area contributed by atoms with Crippen LogP contribution in [-0.2, 0) is 17.8 Å². The molecule has 1 amide bonds. The van der Waals surface area contributed by atoms with Crippen molar-refractivity contribution in [3.63, 3.8) is 0 Å². The minimum atomic E-state index is -0.620. The van der Waals surface area contributed by atoms with Gasteiger partial charge in [0, 0.05) is 56.7 Å². The molecule has 2 N–H and O–H groups in total. The van der Waals surface area contributed by atoms with Gasteiger partial charge in [0.15, 0.2) is 0 Å². The first-order valence-corrected chi connectivity index (χ1v) is 8.10. The third kappa shape index (κ3) is 4.05. The van der Waals surface area contributed by atoms with Crippen LogP contribution in [-0.4, -0.2) is 49.8 Å². The minimum Gasteiger partial charge on any atom is -0.391 e. The number of nitrogens with one attached hydrogen (secondary N) is 1. The number of aromatic nitrogens is 3. The van der Waals surface area contributed by atoms with Crippen LogP contribution in [0.4, 0.5) is 0 Å². The van der Waals surface area contributed by atoms with Crippen LogP contribution < -0.4 is 11.2 Å². The number of carbonyl (C=O) groups excluding carboxylic acids is 1. The van der Waals surface area contributed by atoms with E-state index in [0.717, 1.165) is 5.69 Å². The maximum atomic E-state index is 12.3. The van der Waals surface area contributed by atoms with Crippen LogP contribution in [0.5, 0.6) is 0 Å². The highest BCUT2D eigenvalue weighted by atomic mass is 16.5. The number of rotatable bonds is 5. The highest BCUT2D eigenvalue weighted by molar-refractivity contribution is 5.76. The average molecular weight is 348 g/mol. The van der Waals surface area contributed by atoms with Crippen LogP contribution in [0.15, 0.2) is 32.4 Å². The number of aromatic amines is 1. The largest absolute Gasteiger partial charge is 0.391 e. The molecule has 9 nitrogen and oxygen atoms in total. The SMILES string of the molecule is Cc1cc(C[C@@H]2CN(C(=O)CCn3ccc(=O)[nH]c3=O)C[C@@H]2O)on1. The summed E-state index contributed by atoms with van der Waals surface area (Å²) in [7, 11) is 0. The van der Waals surface area contributed by atoms with E-state index in [0.29, 0.717) is 18.7 Å². The van der Waals surface area contributed by atoms with Gasteiger partial charge in [-0.1, -0.05) is 5.16 Å². The number of amides is 1. The fraction of sp³-hybridized carbons (Fsp3) is 0.500. The Hall–Kier alpha value is -2.68. The Bertz CT molecular complexity index is 868. The van der Waals surface area contributed by atoms with Crippen molar-refractivity contribution >= 4 is 5.91 Å². The van der Waals surface area contributed by atoms with E-state index in [2.05, 4.69) is 10.1 Å². The first-order chi connectivity index (χ1) is 11.9. The summed E-state index contributed by atoms with van der Waals surface area (Å²) >= 11 is 0. The van der Waals surface area contributed by atoms with Crippen molar-refractivity contribution in [2.24, 2.45) is 5.92 Å². The number of carbonyl (C=O) groups is 1. The molecule has 2 atom stereocenters. The number of nitrogens with zero attached hydrogens (tertiary/aromatic N) is 3. The number of likely N-dealkylation sites (tertiary alicyclic amines) is 1. The molecule has 0 spiro atoms. The molecule has 25 heavy (non-hydrogen) atoms. The van der Waals surface area contributed by atoms with Crippen LogP contribution in [0.1, 0.15) is 17.9 Å². The Morgan fingerprint density at radius 2 is 2.24 bits per heavy atom. The smallest absolute Gasteiger partial charge is 0.328 e. The van der Waals surface area contributed by atoms with Crippen molar-refractivity contribution in [3.05, 3.63) is 50.6 Å². The number of aliphatic hydroxyl groups is 1. The van der Waals surface area contributed by atoms with E-state index in [4.69, 9.17) is 4.52 Å². The van der Waals surface area contributed by atoms with E-state index in [9.17, 15) is 19.5 Å². The summed E-state index contributed by atoms with van der Waals surface area (Å²) in [5.41, 5.74) is -0.233. The standard InChI is InChI=1S/C16H20N4O5/c1-10-6-12(25-18-10)7-11-8-20(9-13(11)21)15(23)3-5-19-4-2-14(22)17-16(19)24/h2,4,6,11,13,21H,3,5,7-9H2,1H3,(H,17,22,24)/t11-,13+/m1/s1. The van der Waals surface area contributed by atoms with Crippen molar-refractivity contribution in [3.8, 4) is 0 Å². The first kappa shape index (κ1) is 17.2. The zero-order valence-electron chi connectivity index (χ0n) is 13.8. The number of aliphatic hydroxyl groups excluding tert-OH is 1. The molecule has 0 bridgehead atoms. The van der Waals surface area contributed by atoms with Gasteiger partial charge in [0.25, 0.3) is 5.56 Å². The van der Waals surface area contributed by atoms with Crippen LogP contribution in [0.2, 0.25) is 0 Å². The number of aryl methyl sites for hydroxylation is 2. The lowest BCUT2D eigenvalue weighted by Crippen LogP contribution is -2.33. The summed E-state index contributed by atoms with van der Waals surface area (Å²) < 4.78 is 6.45. The van der Waals surface area contributed by atoms with Gasteiger partial charge in [0.05, 0.1) is 11.8 Å². The van der Waals surface area contributed by atoms with Crippen molar-refractivity contribution in [2.45, 2.75) is 32.4 Å². The normalized spacial score (nSPS) is 20.2. The van der Waals surface area contributed by atoms with Crippen LogP contribution >= 0.6 is 0 Å². The van der Waals surface area contributed by atoms with E-state index in [1.54, 1.807) is 4.90 Å². The fourth-order valence-electron chi connectivity index (χ4n) is 3.02. The molecule has 0 radical (unpaired) electrons. The summed E-state index contributed by atoms with van der Waals surface area (Å²) in [6.45, 7) is 2.69. The van der Waals surface area contributed by atoms with E-state index >= 15 is 0 Å². The molecule has 3 rings (SSSR count). The molecule has 1 saturated heterocycles. The third-order valence-electron chi connectivity index (χ3n) is 4.36. The van der Waals surface area contributed by atoms with E-state index in [-0.39, 0.29) is 31.3 Å². The fourth-order valence-corrected chi connectivity index (χ4v) is 3.02. The van der Waals surface area contributed by atoms with Crippen molar-refractivity contribution in [1.29, 1.82) is 0 Å². The highest BCUT2D eigenvalue weighted by Gasteiger charge is 2.34. The second-order valence-corrected chi connectivity index (χ2v) is 6.32. The lowest BCUT2D eigenvalue weighted by Gasteiger charge is -2.16. The van der Waals surface area contributed by atoms with Gasteiger partial charge in [-0.25, -0.2) is 4.79 Å². The van der Waals surface area contributed by atoms with Gasteiger partial charge in [-0.3, -0.25) is 14.6 Å². The Morgan fingerprint density at radius 1 is 1.44 bits per heavy atom. The van der Waals surface area contributed by atoms with Gasteiger partial charge >= 0.3 is 5.69 Å². The average Bonchev–Trinajstić information content (AvgIpc) is 3.13. The maximum Gasteiger partial charge on any atom is 0.328 e. The zero-order chi connectivity index (χ0) is 18.0. The summed E-state index contributed by atoms with van der Waals surface area (Å²) in [6.07, 6.45) is 1.38. The number of hydrogen-bond donors (Lipinski definition) is 2. The Labute approximate surface area is 142 Å². The molecule has 2 aromatic heterocycles. The lowest BCUT2D eigenvalue weighted by atomic mass is 10.0. The molecule has 1 fully saturated rings. The number of H-pyrrole nitrogens is 1. The third-order valence-corrected chi connectivity index (χ3v) is 4.36. The quantitative estimate of drug-likeness (QED) is 0.736. The van der Waals surface area contributed by atoms with Gasteiger partial charge in [-0.05, 0) is 6.92 Å². The van der Waals surface area contributed by atoms with E-state index < -0.39 is 17.4 Å². The topological polar surface area (TPSA) is 121 Å². The lowest BCUT2D eigenvalue weighted by molar-refractivity contribution is -0.130. The van der Waals surface area contributed by atoms with Crippen molar-refractivity contribution < 1.29 is 14.4 Å². The molecule has 9 heteroatoms. The monoisotopic (exact) mass is 348 g/mol.